The predicted octanol–water partition coefficient (Wildman–Crippen LogP) is 4.91. The van der Waals surface area contributed by atoms with E-state index in [2.05, 4.69) is 5.32 Å². The van der Waals surface area contributed by atoms with Crippen LogP contribution in [0.1, 0.15) is 6.92 Å². The molecule has 0 aliphatic carbocycles. The van der Waals surface area contributed by atoms with E-state index in [1.54, 1.807) is 25.1 Å². The maximum atomic E-state index is 12.5. The van der Waals surface area contributed by atoms with Gasteiger partial charge >= 0.3 is 0 Å². The summed E-state index contributed by atoms with van der Waals surface area (Å²) in [4.78, 5) is 12.5. The van der Waals surface area contributed by atoms with E-state index in [-0.39, 0.29) is 5.91 Å². The number of ether oxygens (including phenoxy) is 2. The molecule has 0 heterocycles. The molecule has 4 nitrogen and oxygen atoms in total. The molecule has 0 aliphatic heterocycles. The summed E-state index contributed by atoms with van der Waals surface area (Å²) in [6.45, 7) is 1.70. The largest absolute Gasteiger partial charge is 0.495 e. The number of fused-ring (bicyclic) bond motifs is 1. The maximum Gasteiger partial charge on any atom is 0.265 e. The van der Waals surface area contributed by atoms with Crippen LogP contribution in [0.5, 0.6) is 11.5 Å². The Labute approximate surface area is 151 Å². The van der Waals surface area contributed by atoms with E-state index in [1.807, 2.05) is 42.5 Å². The van der Waals surface area contributed by atoms with E-state index in [9.17, 15) is 4.79 Å². The summed E-state index contributed by atoms with van der Waals surface area (Å²) >= 11 is 5.99. The van der Waals surface area contributed by atoms with E-state index >= 15 is 0 Å². The Morgan fingerprint density at radius 1 is 1.04 bits per heavy atom. The van der Waals surface area contributed by atoms with E-state index in [1.165, 1.54) is 7.11 Å². The number of carbonyl (C=O) groups is 1. The minimum atomic E-state index is -0.686. The highest BCUT2D eigenvalue weighted by molar-refractivity contribution is 6.31. The average Bonchev–Trinajstić information content (AvgIpc) is 2.62. The van der Waals surface area contributed by atoms with E-state index in [0.29, 0.717) is 22.2 Å². The van der Waals surface area contributed by atoms with Gasteiger partial charge in [-0.1, -0.05) is 48.0 Å². The number of nitrogens with one attached hydrogen (secondary N) is 1. The third kappa shape index (κ3) is 3.86. The molecular formula is C20H18ClNO3. The number of carbonyl (C=O) groups excluding carboxylic acids is 1. The molecule has 3 aromatic carbocycles. The van der Waals surface area contributed by atoms with Gasteiger partial charge in [0.25, 0.3) is 5.91 Å². The highest BCUT2D eigenvalue weighted by atomic mass is 35.5. The second kappa shape index (κ2) is 7.45. The van der Waals surface area contributed by atoms with Crippen molar-refractivity contribution < 1.29 is 14.3 Å². The van der Waals surface area contributed by atoms with Crippen LogP contribution < -0.4 is 14.8 Å². The van der Waals surface area contributed by atoms with Gasteiger partial charge in [0.15, 0.2) is 6.10 Å². The fraction of sp³-hybridized carbons (Fsp3) is 0.150. The molecule has 1 atom stereocenters. The van der Waals surface area contributed by atoms with E-state index < -0.39 is 6.10 Å². The Hall–Kier alpha value is -2.72. The lowest BCUT2D eigenvalue weighted by Crippen LogP contribution is -2.30. The first-order valence-corrected chi connectivity index (χ1v) is 8.25. The van der Waals surface area contributed by atoms with Crippen molar-refractivity contribution in [1.29, 1.82) is 0 Å². The number of rotatable bonds is 5. The molecule has 5 heteroatoms. The number of benzene rings is 3. The quantitative estimate of drug-likeness (QED) is 0.707. The van der Waals surface area contributed by atoms with Gasteiger partial charge in [0.05, 0.1) is 12.8 Å². The topological polar surface area (TPSA) is 47.6 Å². The van der Waals surface area contributed by atoms with Crippen molar-refractivity contribution in [3.8, 4) is 11.5 Å². The van der Waals surface area contributed by atoms with Crippen LogP contribution in [0.25, 0.3) is 10.8 Å². The lowest BCUT2D eigenvalue weighted by molar-refractivity contribution is -0.122. The van der Waals surface area contributed by atoms with E-state index in [4.69, 9.17) is 21.1 Å². The van der Waals surface area contributed by atoms with Gasteiger partial charge in [-0.2, -0.15) is 0 Å². The standard InChI is InChI=1S/C20H18ClNO3/c1-13(20(23)22-17-12-15(21)10-11-19(17)24-2)25-18-9-5-7-14-6-3-4-8-16(14)18/h3-13H,1-2H3,(H,22,23). The van der Waals surface area contributed by atoms with Gasteiger partial charge in [-0.3, -0.25) is 4.79 Å². The molecule has 0 aliphatic rings. The minimum Gasteiger partial charge on any atom is -0.495 e. The molecule has 0 saturated heterocycles. The predicted molar refractivity (Wildman–Crippen MR) is 101 cm³/mol. The third-order valence-electron chi connectivity index (χ3n) is 3.84. The van der Waals surface area contributed by atoms with Crippen molar-refractivity contribution >= 4 is 34.0 Å². The Morgan fingerprint density at radius 2 is 1.80 bits per heavy atom. The van der Waals surface area contributed by atoms with Gasteiger partial charge in [0.2, 0.25) is 0 Å². The summed E-state index contributed by atoms with van der Waals surface area (Å²) in [6, 6.07) is 18.7. The molecule has 1 amide bonds. The van der Waals surface area contributed by atoms with Crippen LogP contribution in [0.2, 0.25) is 5.02 Å². The molecule has 3 rings (SSSR count). The Bertz CT molecular complexity index is 905. The zero-order chi connectivity index (χ0) is 17.8. The van der Waals surface area contributed by atoms with Gasteiger partial charge in [0.1, 0.15) is 11.5 Å². The van der Waals surface area contributed by atoms with Crippen LogP contribution in [-0.2, 0) is 4.79 Å². The second-order valence-corrected chi connectivity index (χ2v) is 6.01. The first-order valence-electron chi connectivity index (χ1n) is 7.87. The van der Waals surface area contributed by atoms with Crippen molar-refractivity contribution in [3.63, 3.8) is 0 Å². The zero-order valence-electron chi connectivity index (χ0n) is 14.0. The summed E-state index contributed by atoms with van der Waals surface area (Å²) in [6.07, 6.45) is -0.686. The molecular weight excluding hydrogens is 338 g/mol. The fourth-order valence-electron chi connectivity index (χ4n) is 2.55. The summed E-state index contributed by atoms with van der Waals surface area (Å²) < 4.78 is 11.1. The third-order valence-corrected chi connectivity index (χ3v) is 4.08. The van der Waals surface area contributed by atoms with Gasteiger partial charge in [-0.05, 0) is 36.6 Å². The molecule has 1 unspecified atom stereocenters. The van der Waals surface area contributed by atoms with Gasteiger partial charge < -0.3 is 14.8 Å². The van der Waals surface area contributed by atoms with Crippen molar-refractivity contribution in [2.45, 2.75) is 13.0 Å². The number of methoxy groups -OCH3 is 1. The Balaban J connectivity index is 1.78. The molecule has 25 heavy (non-hydrogen) atoms. The van der Waals surface area contributed by atoms with Crippen LogP contribution in [0, 0.1) is 0 Å². The highest BCUT2D eigenvalue weighted by Gasteiger charge is 2.18. The molecule has 0 fully saturated rings. The summed E-state index contributed by atoms with van der Waals surface area (Å²) in [5.41, 5.74) is 0.508. The lowest BCUT2D eigenvalue weighted by Gasteiger charge is -2.17. The molecule has 0 saturated carbocycles. The number of amides is 1. The van der Waals surface area contributed by atoms with Crippen molar-refractivity contribution in [2.75, 3.05) is 12.4 Å². The van der Waals surface area contributed by atoms with Crippen molar-refractivity contribution in [2.24, 2.45) is 0 Å². The zero-order valence-corrected chi connectivity index (χ0v) is 14.7. The first kappa shape index (κ1) is 17.1. The summed E-state index contributed by atoms with van der Waals surface area (Å²) in [5.74, 6) is 0.919. The maximum absolute atomic E-state index is 12.5. The average molecular weight is 356 g/mol. The van der Waals surface area contributed by atoms with Crippen LogP contribution in [0.4, 0.5) is 5.69 Å². The number of anilines is 1. The smallest absolute Gasteiger partial charge is 0.265 e. The number of hydrogen-bond acceptors (Lipinski definition) is 3. The normalized spacial score (nSPS) is 11.8. The van der Waals surface area contributed by atoms with Crippen LogP contribution >= 0.6 is 11.6 Å². The van der Waals surface area contributed by atoms with Crippen molar-refractivity contribution in [3.05, 3.63) is 65.7 Å². The first-order chi connectivity index (χ1) is 12.1. The van der Waals surface area contributed by atoms with Crippen LogP contribution in [0.15, 0.2) is 60.7 Å². The monoisotopic (exact) mass is 355 g/mol. The van der Waals surface area contributed by atoms with Crippen molar-refractivity contribution in [1.82, 2.24) is 0 Å². The molecule has 0 bridgehead atoms. The van der Waals surface area contributed by atoms with Crippen LogP contribution in [-0.4, -0.2) is 19.1 Å². The Kier molecular flexibility index (Phi) is 5.10. The fourth-order valence-corrected chi connectivity index (χ4v) is 2.73. The molecule has 128 valence electrons. The molecule has 3 aromatic rings. The summed E-state index contributed by atoms with van der Waals surface area (Å²) in [5, 5.41) is 5.33. The molecule has 1 N–H and O–H groups in total. The highest BCUT2D eigenvalue weighted by Crippen LogP contribution is 2.29. The number of hydrogen-bond donors (Lipinski definition) is 1. The van der Waals surface area contributed by atoms with Crippen LogP contribution in [0.3, 0.4) is 0 Å². The van der Waals surface area contributed by atoms with Gasteiger partial charge in [-0.25, -0.2) is 0 Å². The second-order valence-electron chi connectivity index (χ2n) is 5.57. The number of halogens is 1. The van der Waals surface area contributed by atoms with E-state index in [0.717, 1.165) is 10.8 Å². The Morgan fingerprint density at radius 3 is 2.60 bits per heavy atom. The molecule has 0 spiro atoms. The van der Waals surface area contributed by atoms with Gasteiger partial charge in [-0.15, -0.1) is 0 Å². The molecule has 0 radical (unpaired) electrons. The SMILES string of the molecule is COc1ccc(Cl)cc1NC(=O)C(C)Oc1cccc2ccccc12. The summed E-state index contributed by atoms with van der Waals surface area (Å²) in [7, 11) is 1.54. The molecule has 0 aromatic heterocycles. The van der Waals surface area contributed by atoms with Gasteiger partial charge in [0, 0.05) is 10.4 Å². The lowest BCUT2D eigenvalue weighted by atomic mass is 10.1. The minimum absolute atomic E-state index is 0.284.